The Morgan fingerprint density at radius 3 is 2.19 bits per heavy atom. The maximum atomic E-state index is 12.7. The monoisotopic (exact) mass is 297 g/mol. The lowest BCUT2D eigenvalue weighted by molar-refractivity contribution is -0.182. The van der Waals surface area contributed by atoms with Gasteiger partial charge in [0.05, 0.1) is 5.92 Å². The Hall–Kier alpha value is -1.03. The van der Waals surface area contributed by atoms with Crippen molar-refractivity contribution in [3.05, 3.63) is 35.4 Å². The first kappa shape index (κ1) is 14.9. The van der Waals surface area contributed by atoms with E-state index in [9.17, 15) is 13.2 Å². The van der Waals surface area contributed by atoms with Gasteiger partial charge in [-0.25, -0.2) is 0 Å². The van der Waals surface area contributed by atoms with Crippen LogP contribution in [0.5, 0.6) is 0 Å². The normalized spacial score (nSPS) is 30.0. The number of alkyl halides is 3. The van der Waals surface area contributed by atoms with Crippen molar-refractivity contribution in [2.75, 3.05) is 0 Å². The fourth-order valence-corrected chi connectivity index (χ4v) is 3.76. The first-order valence-electron chi connectivity index (χ1n) is 7.92. The van der Waals surface area contributed by atoms with Gasteiger partial charge in [-0.3, -0.25) is 0 Å². The molecule has 1 atom stereocenters. The second-order valence-electron chi connectivity index (χ2n) is 6.47. The highest BCUT2D eigenvalue weighted by Crippen LogP contribution is 2.37. The third-order valence-electron chi connectivity index (χ3n) is 5.01. The smallest absolute Gasteiger partial charge is 0.311 e. The van der Waals surface area contributed by atoms with Crippen LogP contribution in [0.25, 0.3) is 0 Å². The first-order valence-corrected chi connectivity index (χ1v) is 7.92. The summed E-state index contributed by atoms with van der Waals surface area (Å²) >= 11 is 0. The molecule has 21 heavy (non-hydrogen) atoms. The molecule has 2 aliphatic rings. The minimum absolute atomic E-state index is 0.263. The number of hydrogen-bond donors (Lipinski definition) is 1. The Kier molecular flexibility index (Phi) is 4.25. The quantitative estimate of drug-likeness (QED) is 0.860. The number of nitrogens with one attached hydrogen (secondary N) is 1. The van der Waals surface area contributed by atoms with Crippen LogP contribution in [0.3, 0.4) is 0 Å². The molecular weight excluding hydrogens is 275 g/mol. The SMILES string of the molecule is FC(F)(F)C1CCC(NC2CCc3ccccc3C2)CC1. The predicted octanol–water partition coefficient (Wildman–Crippen LogP) is 4.25. The molecule has 0 radical (unpaired) electrons. The van der Waals surface area contributed by atoms with E-state index in [1.54, 1.807) is 0 Å². The summed E-state index contributed by atoms with van der Waals surface area (Å²) in [6.45, 7) is 0. The van der Waals surface area contributed by atoms with Crippen LogP contribution < -0.4 is 5.32 Å². The summed E-state index contributed by atoms with van der Waals surface area (Å²) in [5.74, 6) is -1.08. The standard InChI is InChI=1S/C17H22F3N/c18-17(19,20)14-6-9-15(10-7-14)21-16-8-5-12-3-1-2-4-13(12)11-16/h1-4,14-16,21H,5-11H2. The van der Waals surface area contributed by atoms with Gasteiger partial charge in [-0.2, -0.15) is 13.2 Å². The number of aryl methyl sites for hydroxylation is 1. The van der Waals surface area contributed by atoms with E-state index in [4.69, 9.17) is 0 Å². The van der Waals surface area contributed by atoms with E-state index >= 15 is 0 Å². The molecule has 0 spiro atoms. The van der Waals surface area contributed by atoms with E-state index in [0.717, 1.165) is 19.3 Å². The molecule has 2 aliphatic carbocycles. The summed E-state index contributed by atoms with van der Waals surface area (Å²) in [6.07, 6.45) is 1.05. The molecule has 0 bridgehead atoms. The number of fused-ring (bicyclic) bond motifs is 1. The van der Waals surface area contributed by atoms with E-state index in [2.05, 4.69) is 29.6 Å². The summed E-state index contributed by atoms with van der Waals surface area (Å²) in [7, 11) is 0. The van der Waals surface area contributed by atoms with Crippen molar-refractivity contribution in [3.63, 3.8) is 0 Å². The van der Waals surface area contributed by atoms with Crippen molar-refractivity contribution < 1.29 is 13.2 Å². The van der Waals surface area contributed by atoms with Crippen molar-refractivity contribution >= 4 is 0 Å². The fraction of sp³-hybridized carbons (Fsp3) is 0.647. The van der Waals surface area contributed by atoms with Crippen LogP contribution in [0.1, 0.15) is 43.2 Å². The van der Waals surface area contributed by atoms with Crippen LogP contribution >= 0.6 is 0 Å². The highest BCUT2D eigenvalue weighted by atomic mass is 19.4. The van der Waals surface area contributed by atoms with E-state index in [1.807, 2.05) is 0 Å². The van der Waals surface area contributed by atoms with Crippen LogP contribution in [0, 0.1) is 5.92 Å². The minimum atomic E-state index is -4.01. The zero-order valence-electron chi connectivity index (χ0n) is 12.1. The molecule has 0 aliphatic heterocycles. The highest BCUT2D eigenvalue weighted by Gasteiger charge is 2.41. The molecular formula is C17H22F3N. The molecule has 0 saturated heterocycles. The number of hydrogen-bond acceptors (Lipinski definition) is 1. The van der Waals surface area contributed by atoms with Gasteiger partial charge in [0.15, 0.2) is 0 Å². The largest absolute Gasteiger partial charge is 0.391 e. The molecule has 1 fully saturated rings. The molecule has 3 rings (SSSR count). The molecule has 1 aromatic rings. The average Bonchev–Trinajstić information content (AvgIpc) is 2.47. The van der Waals surface area contributed by atoms with E-state index in [0.29, 0.717) is 18.9 Å². The van der Waals surface area contributed by atoms with Gasteiger partial charge in [0.25, 0.3) is 0 Å². The van der Waals surface area contributed by atoms with Gasteiger partial charge in [0.1, 0.15) is 0 Å². The van der Waals surface area contributed by atoms with E-state index in [1.165, 1.54) is 11.1 Å². The summed E-state index contributed by atoms with van der Waals surface area (Å²) in [5.41, 5.74) is 2.82. The average molecular weight is 297 g/mol. The van der Waals surface area contributed by atoms with Crippen molar-refractivity contribution in [3.8, 4) is 0 Å². The highest BCUT2D eigenvalue weighted by molar-refractivity contribution is 5.30. The Labute approximate surface area is 123 Å². The number of halogens is 3. The topological polar surface area (TPSA) is 12.0 Å². The lowest BCUT2D eigenvalue weighted by Crippen LogP contribution is -2.44. The molecule has 4 heteroatoms. The van der Waals surface area contributed by atoms with Crippen LogP contribution in [0.15, 0.2) is 24.3 Å². The lowest BCUT2D eigenvalue weighted by atomic mass is 9.83. The first-order chi connectivity index (χ1) is 10.0. The molecule has 0 heterocycles. The van der Waals surface area contributed by atoms with Crippen LogP contribution in [0.4, 0.5) is 13.2 Å². The maximum absolute atomic E-state index is 12.7. The summed E-state index contributed by atoms with van der Waals surface area (Å²) in [5, 5.41) is 3.60. The number of rotatable bonds is 2. The molecule has 1 N–H and O–H groups in total. The zero-order valence-corrected chi connectivity index (χ0v) is 12.1. The van der Waals surface area contributed by atoms with E-state index in [-0.39, 0.29) is 18.9 Å². The summed E-state index contributed by atoms with van der Waals surface area (Å²) in [6, 6.07) is 9.18. The molecule has 0 amide bonds. The van der Waals surface area contributed by atoms with Gasteiger partial charge in [0.2, 0.25) is 0 Å². The van der Waals surface area contributed by atoms with Crippen molar-refractivity contribution in [1.29, 1.82) is 0 Å². The predicted molar refractivity (Wildman–Crippen MR) is 77.2 cm³/mol. The second kappa shape index (κ2) is 5.99. The van der Waals surface area contributed by atoms with Crippen molar-refractivity contribution in [2.24, 2.45) is 5.92 Å². The van der Waals surface area contributed by atoms with Crippen LogP contribution in [-0.2, 0) is 12.8 Å². The maximum Gasteiger partial charge on any atom is 0.391 e. The van der Waals surface area contributed by atoms with Gasteiger partial charge >= 0.3 is 6.18 Å². The van der Waals surface area contributed by atoms with Crippen LogP contribution in [-0.4, -0.2) is 18.3 Å². The van der Waals surface area contributed by atoms with Gasteiger partial charge in [-0.1, -0.05) is 24.3 Å². The Bertz CT molecular complexity index is 475. The van der Waals surface area contributed by atoms with Gasteiger partial charge in [-0.05, 0) is 56.1 Å². The Balaban J connectivity index is 1.51. The molecule has 1 aromatic carbocycles. The molecule has 1 nitrogen and oxygen atoms in total. The van der Waals surface area contributed by atoms with Crippen molar-refractivity contribution in [2.45, 2.75) is 63.2 Å². The fourth-order valence-electron chi connectivity index (χ4n) is 3.76. The summed E-state index contributed by atoms with van der Waals surface area (Å²) < 4.78 is 38.0. The van der Waals surface area contributed by atoms with Gasteiger partial charge in [0, 0.05) is 12.1 Å². The third-order valence-corrected chi connectivity index (χ3v) is 5.01. The Morgan fingerprint density at radius 1 is 0.857 bits per heavy atom. The van der Waals surface area contributed by atoms with E-state index < -0.39 is 12.1 Å². The lowest BCUT2D eigenvalue weighted by Gasteiger charge is -2.34. The minimum Gasteiger partial charge on any atom is -0.311 e. The summed E-state index contributed by atoms with van der Waals surface area (Å²) in [4.78, 5) is 0. The Morgan fingerprint density at radius 2 is 1.52 bits per heavy atom. The molecule has 1 unspecified atom stereocenters. The second-order valence-corrected chi connectivity index (χ2v) is 6.47. The number of benzene rings is 1. The van der Waals surface area contributed by atoms with Crippen molar-refractivity contribution in [1.82, 2.24) is 5.32 Å². The molecule has 1 saturated carbocycles. The molecule has 116 valence electrons. The molecule has 0 aromatic heterocycles. The third kappa shape index (κ3) is 3.60. The van der Waals surface area contributed by atoms with Gasteiger partial charge < -0.3 is 5.32 Å². The van der Waals surface area contributed by atoms with Gasteiger partial charge in [-0.15, -0.1) is 0 Å². The zero-order chi connectivity index (χ0) is 14.9. The van der Waals surface area contributed by atoms with Crippen LogP contribution in [0.2, 0.25) is 0 Å².